The summed E-state index contributed by atoms with van der Waals surface area (Å²) in [6.07, 6.45) is 4.62. The van der Waals surface area contributed by atoms with Crippen LogP contribution in [-0.4, -0.2) is 87.7 Å². The number of aromatic nitrogens is 1. The number of likely N-dealkylation sites (N-methyl/N-ethyl adjacent to an activating group) is 1. The minimum absolute atomic E-state index is 0.00669. The largest absolute Gasteiger partial charge is 0.481 e. The van der Waals surface area contributed by atoms with E-state index in [1.807, 2.05) is 94.2 Å². The maximum Gasteiger partial charge on any atom is 0.306 e. The van der Waals surface area contributed by atoms with Crippen LogP contribution in [0.3, 0.4) is 0 Å². The van der Waals surface area contributed by atoms with Crippen LogP contribution in [0.2, 0.25) is 0 Å². The van der Waals surface area contributed by atoms with Crippen molar-refractivity contribution in [3.8, 4) is 11.1 Å². The summed E-state index contributed by atoms with van der Waals surface area (Å²) >= 11 is 1.21. The highest BCUT2D eigenvalue weighted by Crippen LogP contribution is 2.34. The molecule has 1 aliphatic heterocycles. The molecule has 0 radical (unpaired) electrons. The van der Waals surface area contributed by atoms with Crippen LogP contribution in [0.1, 0.15) is 127 Å². The van der Waals surface area contributed by atoms with Gasteiger partial charge in [-0.25, -0.2) is 4.98 Å². The van der Waals surface area contributed by atoms with Gasteiger partial charge in [0, 0.05) is 49.7 Å². The van der Waals surface area contributed by atoms with Crippen molar-refractivity contribution in [3.63, 3.8) is 0 Å². The molecule has 2 N–H and O–H groups in total. The van der Waals surface area contributed by atoms with Gasteiger partial charge in [0.2, 0.25) is 5.91 Å². The summed E-state index contributed by atoms with van der Waals surface area (Å²) < 4.78 is 5.90. The molecular formula is C47H66N4O7S. The summed E-state index contributed by atoms with van der Waals surface area (Å²) in [5.74, 6) is -3.04. The second-order valence-corrected chi connectivity index (χ2v) is 17.7. The van der Waals surface area contributed by atoms with E-state index < -0.39 is 41.8 Å². The first-order chi connectivity index (χ1) is 28.1. The van der Waals surface area contributed by atoms with Crippen molar-refractivity contribution in [2.75, 3.05) is 20.1 Å². The molecule has 3 aromatic rings. The maximum atomic E-state index is 14.7. The number of hydrogen-bond donors (Lipinski definition) is 2. The van der Waals surface area contributed by atoms with Gasteiger partial charge < -0.3 is 20.1 Å². The number of carbonyl (C=O) groups excluding carboxylic acids is 4. The van der Waals surface area contributed by atoms with Crippen molar-refractivity contribution in [1.82, 2.24) is 20.1 Å². The maximum absolute atomic E-state index is 14.7. The van der Waals surface area contributed by atoms with Crippen molar-refractivity contribution in [2.24, 2.45) is 23.7 Å². The number of benzene rings is 2. The summed E-state index contributed by atoms with van der Waals surface area (Å²) in [6, 6.07) is 17.0. The Hall–Kier alpha value is -4.42. The molecule has 11 nitrogen and oxygen atoms in total. The van der Waals surface area contributed by atoms with Crippen molar-refractivity contribution in [3.05, 3.63) is 76.2 Å². The molecule has 0 spiro atoms. The smallest absolute Gasteiger partial charge is 0.306 e. The average Bonchev–Trinajstić information content (AvgIpc) is 3.71. The number of nitrogens with one attached hydrogen (secondary N) is 1. The van der Waals surface area contributed by atoms with Gasteiger partial charge >= 0.3 is 11.9 Å². The van der Waals surface area contributed by atoms with Gasteiger partial charge in [-0.1, -0.05) is 109 Å². The Bertz CT molecular complexity index is 1830. The molecule has 0 aliphatic carbocycles. The Morgan fingerprint density at radius 3 is 2.24 bits per heavy atom. The van der Waals surface area contributed by atoms with Gasteiger partial charge in [0.05, 0.1) is 12.0 Å². The lowest BCUT2D eigenvalue weighted by molar-refractivity contribution is -0.150. The quantitative estimate of drug-likeness (QED) is 0.0951. The zero-order chi connectivity index (χ0) is 43.2. The zero-order valence-electron chi connectivity index (χ0n) is 36.3. The predicted molar refractivity (Wildman–Crippen MR) is 233 cm³/mol. The number of likely N-dealkylation sites (tertiary alicyclic amines) is 1. The Labute approximate surface area is 355 Å². The lowest BCUT2D eigenvalue weighted by atomic mass is 9.82. The second kappa shape index (κ2) is 22.8. The summed E-state index contributed by atoms with van der Waals surface area (Å²) in [6.45, 7) is 14.5. The van der Waals surface area contributed by atoms with Crippen LogP contribution >= 0.6 is 11.3 Å². The van der Waals surface area contributed by atoms with E-state index in [2.05, 4.69) is 22.1 Å². The van der Waals surface area contributed by atoms with Crippen LogP contribution in [-0.2, 0) is 30.3 Å². The minimum Gasteiger partial charge on any atom is -0.481 e. The summed E-state index contributed by atoms with van der Waals surface area (Å²) in [5, 5.41) is 14.8. The van der Waals surface area contributed by atoms with Crippen LogP contribution in [0, 0.1) is 23.7 Å². The predicted octanol–water partition coefficient (Wildman–Crippen LogP) is 8.63. The van der Waals surface area contributed by atoms with Gasteiger partial charge in [-0.3, -0.25) is 28.9 Å². The van der Waals surface area contributed by atoms with Gasteiger partial charge in [-0.2, -0.15) is 0 Å². The molecule has 2 aromatic carbocycles. The van der Waals surface area contributed by atoms with Crippen LogP contribution in [0.25, 0.3) is 11.1 Å². The molecule has 2 unspecified atom stereocenters. The normalized spacial score (nSPS) is 17.6. The molecule has 12 heteroatoms. The zero-order valence-corrected chi connectivity index (χ0v) is 37.1. The van der Waals surface area contributed by atoms with E-state index in [1.54, 1.807) is 12.3 Å². The first kappa shape index (κ1) is 47.3. The fraction of sp³-hybridized carbons (Fsp3) is 0.574. The van der Waals surface area contributed by atoms with Gasteiger partial charge in [0.25, 0.3) is 5.91 Å². The Balaban J connectivity index is 1.55. The molecule has 4 rings (SSSR count). The van der Waals surface area contributed by atoms with Crippen molar-refractivity contribution < 1.29 is 33.8 Å². The van der Waals surface area contributed by atoms with Crippen LogP contribution in [0.5, 0.6) is 0 Å². The highest BCUT2D eigenvalue weighted by Gasteiger charge is 2.39. The third-order valence-electron chi connectivity index (χ3n) is 11.9. The SMILES string of the molecule is CCCN(C(=O)C(CC(=O)C1CCCCN1C)[C@@H](C)CC)[C@H](C[C@@H](OC(C)=O)c1nc(C(=O)N[C@@H](Cc2ccc(-c3ccccc3)cc2)C[C@H](C)C(=O)O)cs1)C(C)C. The monoisotopic (exact) mass is 830 g/mol. The summed E-state index contributed by atoms with van der Waals surface area (Å²) in [7, 11) is 1.99. The van der Waals surface area contributed by atoms with Crippen LogP contribution < -0.4 is 5.32 Å². The number of esters is 1. The number of carboxylic acid groups (broad SMARTS) is 1. The standard InChI is InChI=1S/C47H66N4O7S/c1-9-23-51(46(55)38(31(5)10-2)27-42(53)40-18-14-15-24-50(40)8)41(30(3)4)28-43(58-33(7)52)45-49-39(29-59-45)44(54)48-37(25-32(6)47(56)57)26-34-19-21-36(22-20-34)35-16-12-11-13-17-35/h11-13,16-17,19-22,29-32,37-38,40-41,43H,9-10,14-15,18,23-28H2,1-8H3,(H,48,54)(H,56,57)/t31-,32-,37+,38?,40?,41+,43+/m0/s1. The van der Waals surface area contributed by atoms with E-state index in [9.17, 15) is 29.1 Å². The second-order valence-electron chi connectivity index (χ2n) is 16.8. The lowest BCUT2D eigenvalue weighted by Crippen LogP contribution is -2.50. The molecule has 322 valence electrons. The Kier molecular flexibility index (Phi) is 18.3. The van der Waals surface area contributed by atoms with Crippen molar-refractivity contribution in [1.29, 1.82) is 0 Å². The number of aliphatic carboxylic acids is 1. The topological polar surface area (TPSA) is 146 Å². The molecule has 1 saturated heterocycles. The highest BCUT2D eigenvalue weighted by atomic mass is 32.1. The molecule has 59 heavy (non-hydrogen) atoms. The molecule has 2 heterocycles. The number of ether oxygens (including phenoxy) is 1. The van der Waals surface area contributed by atoms with E-state index in [1.165, 1.54) is 18.3 Å². The number of piperidine rings is 1. The highest BCUT2D eigenvalue weighted by molar-refractivity contribution is 7.09. The number of amides is 2. The number of thiazole rings is 1. The number of rotatable bonds is 22. The van der Waals surface area contributed by atoms with Crippen molar-refractivity contribution >= 4 is 40.9 Å². The van der Waals surface area contributed by atoms with Gasteiger partial charge in [0.1, 0.15) is 10.7 Å². The van der Waals surface area contributed by atoms with Crippen molar-refractivity contribution in [2.45, 2.75) is 130 Å². The molecular weight excluding hydrogens is 765 g/mol. The minimum atomic E-state index is -0.946. The molecule has 1 aromatic heterocycles. The molecule has 0 saturated carbocycles. The number of carbonyl (C=O) groups is 5. The van der Waals surface area contributed by atoms with E-state index in [4.69, 9.17) is 4.74 Å². The third kappa shape index (κ3) is 13.5. The first-order valence-corrected chi connectivity index (χ1v) is 22.3. The molecule has 0 bridgehead atoms. The third-order valence-corrected chi connectivity index (χ3v) is 12.8. The Morgan fingerprint density at radius 2 is 1.64 bits per heavy atom. The van der Waals surface area contributed by atoms with Gasteiger partial charge in [-0.15, -0.1) is 11.3 Å². The van der Waals surface area contributed by atoms with Crippen LogP contribution in [0.15, 0.2) is 60.0 Å². The molecule has 1 fully saturated rings. The van der Waals surface area contributed by atoms with E-state index in [0.29, 0.717) is 24.4 Å². The van der Waals surface area contributed by atoms with E-state index in [0.717, 1.165) is 48.9 Å². The van der Waals surface area contributed by atoms with Crippen LogP contribution in [0.4, 0.5) is 0 Å². The fourth-order valence-electron chi connectivity index (χ4n) is 8.19. The number of hydrogen-bond acceptors (Lipinski definition) is 9. The first-order valence-electron chi connectivity index (χ1n) is 21.5. The number of ketones is 1. The molecule has 1 aliphatic rings. The summed E-state index contributed by atoms with van der Waals surface area (Å²) in [4.78, 5) is 75.4. The number of Topliss-reactive ketones (excluding diaryl/α,β-unsaturated/α-hetero) is 1. The van der Waals surface area contributed by atoms with Gasteiger partial charge in [0.15, 0.2) is 11.9 Å². The number of carboxylic acids is 1. The van der Waals surface area contributed by atoms with Gasteiger partial charge in [-0.05, 0) is 74.2 Å². The molecule has 7 atom stereocenters. The van der Waals surface area contributed by atoms with E-state index in [-0.39, 0.29) is 60.6 Å². The average molecular weight is 831 g/mol. The Morgan fingerprint density at radius 1 is 0.966 bits per heavy atom. The lowest BCUT2D eigenvalue weighted by Gasteiger charge is -2.39. The van der Waals surface area contributed by atoms with E-state index >= 15 is 0 Å². The number of nitrogens with zero attached hydrogens (tertiary/aromatic N) is 3. The molecule has 2 amide bonds. The fourth-order valence-corrected chi connectivity index (χ4v) is 9.03. The summed E-state index contributed by atoms with van der Waals surface area (Å²) in [5.41, 5.74) is 3.24.